The number of aliphatic hydroxyl groups is 1. The smallest absolute Gasteiger partial charge is 0.426 e. The lowest BCUT2D eigenvalue weighted by molar-refractivity contribution is -0.308. The predicted octanol–water partition coefficient (Wildman–Crippen LogP) is 4.27. The number of amides is 1. The largest absolute Gasteiger partial charge is 0.434 e. The van der Waals surface area contributed by atoms with Crippen molar-refractivity contribution < 1.29 is 54.2 Å². The summed E-state index contributed by atoms with van der Waals surface area (Å²) in [6.07, 6.45) is -21.7. The third-order valence-corrected chi connectivity index (χ3v) is 6.10. The second-order valence-corrected chi connectivity index (χ2v) is 8.74. The van der Waals surface area contributed by atoms with Crippen LogP contribution in [0.3, 0.4) is 0 Å². The Morgan fingerprint density at radius 1 is 0.972 bits per heavy atom. The quantitative estimate of drug-likeness (QED) is 0.569. The molecule has 0 bridgehead atoms. The van der Waals surface area contributed by atoms with Gasteiger partial charge >= 0.3 is 24.6 Å². The summed E-state index contributed by atoms with van der Waals surface area (Å²) < 4.78 is 120. The molecule has 2 heterocycles. The fraction of sp³-hybridized carbons (Fsp3) is 0.667. The van der Waals surface area contributed by atoms with E-state index >= 15 is 0 Å². The first-order valence-corrected chi connectivity index (χ1v) is 11.0. The van der Waals surface area contributed by atoms with E-state index in [1.54, 1.807) is 9.80 Å². The van der Waals surface area contributed by atoms with Crippen LogP contribution >= 0.6 is 0 Å². The van der Waals surface area contributed by atoms with Gasteiger partial charge in [0, 0.05) is 64.0 Å². The van der Waals surface area contributed by atoms with E-state index in [0.29, 0.717) is 18.5 Å². The van der Waals surface area contributed by atoms with Crippen molar-refractivity contribution in [2.24, 2.45) is 5.92 Å². The molecule has 1 atom stereocenters. The van der Waals surface area contributed by atoms with Crippen LogP contribution in [0.4, 0.5) is 50.0 Å². The first kappa shape index (κ1) is 28.2. The lowest BCUT2D eigenvalue weighted by Gasteiger charge is -2.35. The minimum absolute atomic E-state index is 0.0245. The molecule has 2 fully saturated rings. The number of halogens is 9. The molecule has 2 saturated heterocycles. The maximum atomic E-state index is 13.6. The van der Waals surface area contributed by atoms with Crippen LogP contribution in [-0.4, -0.2) is 85.3 Å². The summed E-state index contributed by atoms with van der Waals surface area (Å²) in [5, 5.41) is 9.32. The summed E-state index contributed by atoms with van der Waals surface area (Å²) in [5.41, 5.74) is -0.333. The number of anilines is 1. The molecule has 0 spiro atoms. The van der Waals surface area contributed by atoms with Crippen LogP contribution in [0.2, 0.25) is 0 Å². The fourth-order valence-corrected chi connectivity index (χ4v) is 4.22. The molecule has 2 aliphatic rings. The van der Waals surface area contributed by atoms with Crippen molar-refractivity contribution in [1.29, 1.82) is 0 Å². The topological polar surface area (TPSA) is 56.2 Å². The molecule has 1 aromatic carbocycles. The van der Waals surface area contributed by atoms with Crippen LogP contribution in [0.1, 0.15) is 17.5 Å². The minimum Gasteiger partial charge on any atom is -0.426 e. The summed E-state index contributed by atoms with van der Waals surface area (Å²) in [7, 11) is 0. The molecule has 1 amide bonds. The second-order valence-electron chi connectivity index (χ2n) is 8.74. The highest BCUT2D eigenvalue weighted by Gasteiger charge is 2.60. The molecule has 0 aliphatic carbocycles. The van der Waals surface area contributed by atoms with Crippen molar-refractivity contribution in [2.75, 3.05) is 50.8 Å². The molecule has 3 rings (SSSR count). The van der Waals surface area contributed by atoms with Crippen molar-refractivity contribution in [3.8, 4) is 0 Å². The predicted molar refractivity (Wildman–Crippen MR) is 108 cm³/mol. The summed E-state index contributed by atoms with van der Waals surface area (Å²) in [5.74, 6) is -0.142. The van der Waals surface area contributed by atoms with Gasteiger partial charge in [-0.3, -0.25) is 4.90 Å². The van der Waals surface area contributed by atoms with Crippen LogP contribution in [0.5, 0.6) is 0 Å². The van der Waals surface area contributed by atoms with Gasteiger partial charge in [0.1, 0.15) is 0 Å². The van der Waals surface area contributed by atoms with Crippen LogP contribution in [0.15, 0.2) is 18.2 Å². The lowest BCUT2D eigenvalue weighted by Crippen LogP contribution is -2.52. The van der Waals surface area contributed by atoms with Gasteiger partial charge in [-0.2, -0.15) is 39.5 Å². The van der Waals surface area contributed by atoms with Gasteiger partial charge in [0.15, 0.2) is 0 Å². The number of hydrogen-bond donors (Lipinski definition) is 1. The molecular weight excluding hydrogens is 513 g/mol. The van der Waals surface area contributed by atoms with Crippen molar-refractivity contribution in [3.63, 3.8) is 0 Å². The number of nitrogens with zero attached hydrogens (tertiary/aromatic N) is 3. The number of carbonyl (C=O) groups is 1. The third kappa shape index (κ3) is 6.87. The van der Waals surface area contributed by atoms with E-state index in [2.05, 4.69) is 4.74 Å². The molecule has 0 radical (unpaired) electrons. The summed E-state index contributed by atoms with van der Waals surface area (Å²) in [6, 6.07) is 3.64. The normalized spacial score (nSPS) is 20.4. The van der Waals surface area contributed by atoms with E-state index in [9.17, 15) is 49.4 Å². The Morgan fingerprint density at radius 2 is 1.58 bits per heavy atom. The number of alkyl halides is 9. The number of benzene rings is 1. The molecule has 0 aromatic heterocycles. The zero-order valence-corrected chi connectivity index (χ0v) is 18.8. The number of ether oxygens (including phenoxy) is 1. The van der Waals surface area contributed by atoms with Gasteiger partial charge in [0.05, 0.1) is 5.56 Å². The number of aliphatic hydroxyl groups excluding tert-OH is 1. The summed E-state index contributed by atoms with van der Waals surface area (Å²) in [6.45, 7) is 0.291. The van der Waals surface area contributed by atoms with Crippen molar-refractivity contribution in [3.05, 3.63) is 29.3 Å². The standard InChI is InChI=1S/C21H24F9N3O3/c22-19(23,24)15-2-1-13(9-16(15)33-4-3-14(11-33)12-34)10-31-5-7-32(8-6-31)18(35)36-17(20(25,26)27)21(28,29)30/h1-2,9,14,17,34H,3-8,10-12H2. The Hall–Kier alpha value is -2.42. The van der Waals surface area contributed by atoms with Crippen LogP contribution in [-0.2, 0) is 17.5 Å². The van der Waals surface area contributed by atoms with E-state index in [1.165, 1.54) is 12.1 Å². The van der Waals surface area contributed by atoms with Gasteiger partial charge in [-0.15, -0.1) is 0 Å². The summed E-state index contributed by atoms with van der Waals surface area (Å²) in [4.78, 5) is 15.9. The highest BCUT2D eigenvalue weighted by atomic mass is 19.4. The van der Waals surface area contributed by atoms with E-state index in [-0.39, 0.29) is 57.5 Å². The maximum Gasteiger partial charge on any atom is 0.434 e. The second kappa shape index (κ2) is 10.5. The average Bonchev–Trinajstić information content (AvgIpc) is 3.25. The molecule has 15 heteroatoms. The Kier molecular flexibility index (Phi) is 8.23. The van der Waals surface area contributed by atoms with Gasteiger partial charge in [-0.25, -0.2) is 4.79 Å². The number of rotatable bonds is 5. The van der Waals surface area contributed by atoms with Crippen LogP contribution < -0.4 is 4.90 Å². The Balaban J connectivity index is 1.64. The van der Waals surface area contributed by atoms with Crippen molar-refractivity contribution in [2.45, 2.75) is 37.6 Å². The zero-order valence-electron chi connectivity index (χ0n) is 18.8. The molecule has 2 aliphatic heterocycles. The molecule has 204 valence electrons. The number of piperazine rings is 1. The monoisotopic (exact) mass is 537 g/mol. The van der Waals surface area contributed by atoms with Gasteiger partial charge in [0.2, 0.25) is 0 Å². The number of hydrogen-bond acceptors (Lipinski definition) is 5. The van der Waals surface area contributed by atoms with Gasteiger partial charge < -0.3 is 19.6 Å². The van der Waals surface area contributed by atoms with E-state index < -0.39 is 36.3 Å². The highest BCUT2D eigenvalue weighted by molar-refractivity contribution is 5.68. The summed E-state index contributed by atoms with van der Waals surface area (Å²) >= 11 is 0. The maximum absolute atomic E-state index is 13.6. The van der Waals surface area contributed by atoms with E-state index in [0.717, 1.165) is 11.0 Å². The Bertz CT molecular complexity index is 899. The molecule has 1 unspecified atom stereocenters. The number of carbonyl (C=O) groups excluding carboxylic acids is 1. The Labute approximate surface area is 200 Å². The van der Waals surface area contributed by atoms with Crippen LogP contribution in [0, 0.1) is 5.92 Å². The average molecular weight is 537 g/mol. The van der Waals surface area contributed by atoms with Gasteiger partial charge in [0.25, 0.3) is 6.10 Å². The van der Waals surface area contributed by atoms with E-state index in [4.69, 9.17) is 0 Å². The van der Waals surface area contributed by atoms with Crippen molar-refractivity contribution >= 4 is 11.8 Å². The molecule has 6 nitrogen and oxygen atoms in total. The molecular formula is C21H24F9N3O3. The van der Waals surface area contributed by atoms with Crippen LogP contribution in [0.25, 0.3) is 0 Å². The van der Waals surface area contributed by atoms with Crippen molar-refractivity contribution in [1.82, 2.24) is 9.80 Å². The Morgan fingerprint density at radius 3 is 2.08 bits per heavy atom. The first-order valence-electron chi connectivity index (χ1n) is 11.0. The SMILES string of the molecule is O=C(OC(C(F)(F)F)C(F)(F)F)N1CCN(Cc2ccc(C(F)(F)F)c(N3CCC(CO)C3)c2)CC1. The van der Waals surface area contributed by atoms with E-state index in [1.807, 2.05) is 0 Å². The fourth-order valence-electron chi connectivity index (χ4n) is 4.22. The molecule has 0 saturated carbocycles. The highest BCUT2D eigenvalue weighted by Crippen LogP contribution is 2.39. The molecule has 1 N–H and O–H groups in total. The minimum atomic E-state index is -5.82. The lowest BCUT2D eigenvalue weighted by atomic mass is 10.1. The molecule has 1 aromatic rings. The third-order valence-electron chi connectivity index (χ3n) is 6.10. The zero-order chi connectivity index (χ0) is 26.9. The molecule has 36 heavy (non-hydrogen) atoms. The van der Waals surface area contributed by atoms with Gasteiger partial charge in [-0.05, 0) is 24.1 Å². The van der Waals surface area contributed by atoms with Gasteiger partial charge in [-0.1, -0.05) is 6.07 Å². The first-order chi connectivity index (χ1) is 16.6.